The maximum atomic E-state index is 11.7. The first-order chi connectivity index (χ1) is 9.02. The Labute approximate surface area is 114 Å². The molecule has 106 valence electrons. The summed E-state index contributed by atoms with van der Waals surface area (Å²) < 4.78 is 4.95. The van der Waals surface area contributed by atoms with Gasteiger partial charge in [0, 0.05) is 25.4 Å². The molecule has 0 radical (unpaired) electrons. The lowest BCUT2D eigenvalue weighted by atomic mass is 10.1. The maximum absolute atomic E-state index is 11.7. The van der Waals surface area contributed by atoms with Crippen LogP contribution >= 0.6 is 0 Å². The predicted octanol–water partition coefficient (Wildman–Crippen LogP) is 2.29. The van der Waals surface area contributed by atoms with Crippen molar-refractivity contribution in [1.29, 1.82) is 0 Å². The number of hydrogen-bond donors (Lipinski definition) is 3. The van der Waals surface area contributed by atoms with Crippen molar-refractivity contribution in [3.63, 3.8) is 0 Å². The highest BCUT2D eigenvalue weighted by atomic mass is 16.5. The first kappa shape index (κ1) is 15.5. The van der Waals surface area contributed by atoms with Crippen molar-refractivity contribution in [3.05, 3.63) is 29.8 Å². The molecule has 0 saturated carbocycles. The van der Waals surface area contributed by atoms with Gasteiger partial charge < -0.3 is 20.5 Å². The highest BCUT2D eigenvalue weighted by molar-refractivity contribution is 5.89. The minimum atomic E-state index is -0.551. The molecule has 0 saturated heterocycles. The number of rotatable bonds is 6. The van der Waals surface area contributed by atoms with E-state index < -0.39 is 6.10 Å². The molecular weight excluding hydrogens is 244 g/mol. The lowest BCUT2D eigenvalue weighted by molar-refractivity contribution is 0.185. The first-order valence-corrected chi connectivity index (χ1v) is 6.37. The van der Waals surface area contributed by atoms with Crippen LogP contribution in [0.25, 0.3) is 0 Å². The number of methoxy groups -OCH3 is 1. The average molecular weight is 266 g/mol. The monoisotopic (exact) mass is 266 g/mol. The minimum Gasteiger partial charge on any atom is -0.389 e. The number of benzene rings is 1. The number of amides is 2. The van der Waals surface area contributed by atoms with Gasteiger partial charge in [0.05, 0.1) is 6.10 Å². The lowest BCUT2D eigenvalue weighted by Gasteiger charge is -2.14. The van der Waals surface area contributed by atoms with Crippen LogP contribution in [0.4, 0.5) is 10.5 Å². The van der Waals surface area contributed by atoms with Crippen molar-refractivity contribution in [2.45, 2.75) is 32.4 Å². The molecule has 1 aromatic rings. The van der Waals surface area contributed by atoms with E-state index in [1.165, 1.54) is 0 Å². The van der Waals surface area contributed by atoms with Crippen molar-refractivity contribution in [1.82, 2.24) is 5.32 Å². The summed E-state index contributed by atoms with van der Waals surface area (Å²) >= 11 is 0. The summed E-state index contributed by atoms with van der Waals surface area (Å²) in [6, 6.07) is 6.93. The highest BCUT2D eigenvalue weighted by Gasteiger charge is 2.08. The smallest absolute Gasteiger partial charge is 0.319 e. The third-order valence-electron chi connectivity index (χ3n) is 2.76. The molecule has 2 atom stereocenters. The molecule has 2 amide bonds. The Morgan fingerprint density at radius 2 is 2.16 bits per heavy atom. The Morgan fingerprint density at radius 3 is 2.79 bits per heavy atom. The van der Waals surface area contributed by atoms with Crippen LogP contribution in [0.1, 0.15) is 31.9 Å². The molecule has 0 aliphatic heterocycles. The summed E-state index contributed by atoms with van der Waals surface area (Å²) in [5.41, 5.74) is 1.43. The van der Waals surface area contributed by atoms with Gasteiger partial charge in [-0.25, -0.2) is 4.79 Å². The number of carbonyl (C=O) groups is 1. The van der Waals surface area contributed by atoms with Crippen LogP contribution in [-0.4, -0.2) is 30.9 Å². The van der Waals surface area contributed by atoms with Crippen LogP contribution in [0.5, 0.6) is 0 Å². The summed E-state index contributed by atoms with van der Waals surface area (Å²) in [6.07, 6.45) is 0.211. The van der Waals surface area contributed by atoms with E-state index in [9.17, 15) is 9.90 Å². The normalized spacial score (nSPS) is 13.7. The van der Waals surface area contributed by atoms with Crippen LogP contribution in [0.2, 0.25) is 0 Å². The number of aliphatic hydroxyl groups is 1. The summed E-state index contributed by atoms with van der Waals surface area (Å²) in [4.78, 5) is 11.7. The summed E-state index contributed by atoms with van der Waals surface area (Å²) in [5, 5.41) is 15.0. The average Bonchev–Trinajstić information content (AvgIpc) is 2.36. The largest absolute Gasteiger partial charge is 0.389 e. The number of nitrogens with one attached hydrogen (secondary N) is 2. The van der Waals surface area contributed by atoms with Crippen LogP contribution < -0.4 is 10.6 Å². The van der Waals surface area contributed by atoms with Gasteiger partial charge in [-0.3, -0.25) is 0 Å². The van der Waals surface area contributed by atoms with Crippen molar-refractivity contribution < 1.29 is 14.6 Å². The van der Waals surface area contributed by atoms with E-state index in [0.717, 1.165) is 12.0 Å². The number of anilines is 1. The zero-order valence-electron chi connectivity index (χ0n) is 11.6. The van der Waals surface area contributed by atoms with Gasteiger partial charge in [-0.15, -0.1) is 0 Å². The van der Waals surface area contributed by atoms with E-state index in [1.807, 2.05) is 13.0 Å². The van der Waals surface area contributed by atoms with Gasteiger partial charge >= 0.3 is 6.03 Å². The topological polar surface area (TPSA) is 70.6 Å². The Balaban J connectivity index is 2.50. The summed E-state index contributed by atoms with van der Waals surface area (Å²) in [7, 11) is 1.63. The van der Waals surface area contributed by atoms with Crippen molar-refractivity contribution in [3.8, 4) is 0 Å². The lowest BCUT2D eigenvalue weighted by Crippen LogP contribution is -2.36. The molecule has 5 heteroatoms. The molecule has 0 aliphatic rings. The third kappa shape index (κ3) is 5.72. The van der Waals surface area contributed by atoms with Crippen molar-refractivity contribution in [2.75, 3.05) is 19.0 Å². The molecule has 3 N–H and O–H groups in total. The van der Waals surface area contributed by atoms with E-state index in [4.69, 9.17) is 4.74 Å². The van der Waals surface area contributed by atoms with Gasteiger partial charge in [-0.1, -0.05) is 12.1 Å². The second-order valence-corrected chi connectivity index (χ2v) is 4.58. The molecule has 0 aromatic heterocycles. The Bertz CT molecular complexity index is 407. The maximum Gasteiger partial charge on any atom is 0.319 e. The highest BCUT2D eigenvalue weighted by Crippen LogP contribution is 2.16. The summed E-state index contributed by atoms with van der Waals surface area (Å²) in [5.74, 6) is 0. The van der Waals surface area contributed by atoms with E-state index >= 15 is 0 Å². The molecule has 1 rings (SSSR count). The van der Waals surface area contributed by atoms with E-state index in [-0.39, 0.29) is 12.1 Å². The number of ether oxygens (including phenoxy) is 1. The molecule has 0 spiro atoms. The van der Waals surface area contributed by atoms with Gasteiger partial charge in [0.1, 0.15) is 0 Å². The first-order valence-electron chi connectivity index (χ1n) is 6.37. The second kappa shape index (κ2) is 7.76. The molecule has 5 nitrogen and oxygen atoms in total. The van der Waals surface area contributed by atoms with Gasteiger partial charge in [-0.2, -0.15) is 0 Å². The zero-order chi connectivity index (χ0) is 14.3. The van der Waals surface area contributed by atoms with Gasteiger partial charge in [-0.05, 0) is 38.0 Å². The SMILES string of the molecule is COCCC(C)NC(=O)Nc1cccc(C(C)O)c1. The van der Waals surface area contributed by atoms with Gasteiger partial charge in [0.2, 0.25) is 0 Å². The van der Waals surface area contributed by atoms with E-state index in [0.29, 0.717) is 12.3 Å². The fourth-order valence-corrected chi connectivity index (χ4v) is 1.63. The molecule has 0 aliphatic carbocycles. The van der Waals surface area contributed by atoms with Gasteiger partial charge in [0.15, 0.2) is 0 Å². The van der Waals surface area contributed by atoms with Crippen LogP contribution in [0.15, 0.2) is 24.3 Å². The molecule has 0 bridgehead atoms. The van der Waals surface area contributed by atoms with E-state index in [2.05, 4.69) is 10.6 Å². The fourth-order valence-electron chi connectivity index (χ4n) is 1.63. The Morgan fingerprint density at radius 1 is 1.42 bits per heavy atom. The van der Waals surface area contributed by atoms with E-state index in [1.54, 1.807) is 32.2 Å². The Hall–Kier alpha value is -1.59. The zero-order valence-corrected chi connectivity index (χ0v) is 11.6. The standard InChI is InChI=1S/C14H22N2O3/c1-10(7-8-19-3)15-14(18)16-13-6-4-5-12(9-13)11(2)17/h4-6,9-11,17H,7-8H2,1-3H3,(H2,15,16,18). The van der Waals surface area contributed by atoms with Crippen LogP contribution in [-0.2, 0) is 4.74 Å². The molecule has 0 heterocycles. The fraction of sp³-hybridized carbons (Fsp3) is 0.500. The molecule has 2 unspecified atom stereocenters. The van der Waals surface area contributed by atoms with Crippen molar-refractivity contribution >= 4 is 11.7 Å². The number of hydrogen-bond acceptors (Lipinski definition) is 3. The molecule has 1 aromatic carbocycles. The van der Waals surface area contributed by atoms with Crippen molar-refractivity contribution in [2.24, 2.45) is 0 Å². The van der Waals surface area contributed by atoms with Gasteiger partial charge in [0.25, 0.3) is 0 Å². The minimum absolute atomic E-state index is 0.0416. The van der Waals surface area contributed by atoms with Crippen LogP contribution in [0.3, 0.4) is 0 Å². The quantitative estimate of drug-likeness (QED) is 0.740. The van der Waals surface area contributed by atoms with Crippen LogP contribution in [0, 0.1) is 0 Å². The number of aliphatic hydroxyl groups excluding tert-OH is 1. The molecule has 19 heavy (non-hydrogen) atoms. The number of urea groups is 1. The third-order valence-corrected chi connectivity index (χ3v) is 2.76. The molecule has 0 fully saturated rings. The predicted molar refractivity (Wildman–Crippen MR) is 75.2 cm³/mol. The Kier molecular flexibility index (Phi) is 6.32. The summed E-state index contributed by atoms with van der Waals surface area (Å²) in [6.45, 7) is 4.22. The number of carbonyl (C=O) groups excluding carboxylic acids is 1. The second-order valence-electron chi connectivity index (χ2n) is 4.58. The molecular formula is C14H22N2O3.